The number of hydrogen-bond donors (Lipinski definition) is 1. The van der Waals surface area contributed by atoms with Gasteiger partial charge >= 0.3 is 5.91 Å². The summed E-state index contributed by atoms with van der Waals surface area (Å²) >= 11 is 2.73. The minimum Gasteiger partial charge on any atom is -0.507 e. The molecule has 1 aliphatic heterocycles. The summed E-state index contributed by atoms with van der Waals surface area (Å²) in [5.41, 5.74) is 3.21. The first-order valence-electron chi connectivity index (χ1n) is 17.2. The molecule has 9 nitrogen and oxygen atoms in total. The Morgan fingerprint density at radius 3 is 2.30 bits per heavy atom. The fourth-order valence-corrected chi connectivity index (χ4v) is 7.42. The first-order chi connectivity index (χ1) is 24.3. The second-order valence-electron chi connectivity index (χ2n) is 12.2. The zero-order valence-corrected chi connectivity index (χ0v) is 30.8. The van der Waals surface area contributed by atoms with Crippen LogP contribution in [0, 0.1) is 6.92 Å². The van der Waals surface area contributed by atoms with Crippen molar-refractivity contribution in [1.82, 2.24) is 10.2 Å². The maximum Gasteiger partial charge on any atom is 0.301 e. The number of aliphatic hydroxyl groups excluding tert-OH is 1. The van der Waals surface area contributed by atoms with Crippen LogP contribution in [0.2, 0.25) is 0 Å². The number of ketones is 1. The number of aromatic nitrogens is 2. The third kappa shape index (κ3) is 9.05. The molecule has 264 valence electrons. The molecule has 1 fully saturated rings. The summed E-state index contributed by atoms with van der Waals surface area (Å²) in [6.45, 7) is 7.45. The number of benzene rings is 3. The number of thioether (sulfide) groups is 1. The highest BCUT2D eigenvalue weighted by atomic mass is 32.2. The third-order valence-corrected chi connectivity index (χ3v) is 10.6. The Morgan fingerprint density at radius 1 is 0.860 bits per heavy atom. The molecular weight excluding hydrogens is 671 g/mol. The Morgan fingerprint density at radius 2 is 1.58 bits per heavy atom. The van der Waals surface area contributed by atoms with Crippen LogP contribution in [0.5, 0.6) is 17.2 Å². The number of rotatable bonds is 18. The lowest BCUT2D eigenvalue weighted by Crippen LogP contribution is -2.29. The van der Waals surface area contributed by atoms with Crippen LogP contribution in [0.1, 0.15) is 87.1 Å². The largest absolute Gasteiger partial charge is 0.507 e. The first-order valence-corrected chi connectivity index (χ1v) is 19.0. The lowest BCUT2D eigenvalue weighted by atomic mass is 9.95. The molecule has 3 aromatic carbocycles. The van der Waals surface area contributed by atoms with Gasteiger partial charge in [0, 0.05) is 11.3 Å². The molecule has 2 heterocycles. The number of methoxy groups -OCH3 is 1. The maximum absolute atomic E-state index is 13.8. The number of carbonyl (C=O) groups is 2. The molecule has 0 aliphatic carbocycles. The fourth-order valence-electron chi connectivity index (χ4n) is 5.59. The molecular formula is C39H45N3O6S2. The molecule has 0 radical (unpaired) electrons. The molecule has 0 spiro atoms. The van der Waals surface area contributed by atoms with Crippen LogP contribution in [-0.2, 0) is 15.3 Å². The van der Waals surface area contributed by atoms with Gasteiger partial charge in [0.25, 0.3) is 5.78 Å². The second-order valence-corrected chi connectivity index (χ2v) is 14.4. The molecule has 1 aliphatic rings. The molecule has 1 saturated heterocycles. The number of amides is 1. The summed E-state index contributed by atoms with van der Waals surface area (Å²) in [5.74, 6) is 0.449. The minimum atomic E-state index is -0.990. The molecule has 11 heteroatoms. The van der Waals surface area contributed by atoms with Gasteiger partial charge in [0.2, 0.25) is 5.13 Å². The number of aryl methyl sites for hydroxylation is 1. The first kappa shape index (κ1) is 36.9. The van der Waals surface area contributed by atoms with Gasteiger partial charge in [-0.05, 0) is 67.3 Å². The molecule has 5 rings (SSSR count). The summed E-state index contributed by atoms with van der Waals surface area (Å²) < 4.78 is 18.2. The lowest BCUT2D eigenvalue weighted by molar-refractivity contribution is -0.132. The van der Waals surface area contributed by atoms with Gasteiger partial charge in [-0.15, -0.1) is 10.2 Å². The van der Waals surface area contributed by atoms with Crippen LogP contribution in [-0.4, -0.2) is 47.3 Å². The molecule has 1 unspecified atom stereocenters. The van der Waals surface area contributed by atoms with Gasteiger partial charge in [-0.2, -0.15) is 0 Å². The van der Waals surface area contributed by atoms with E-state index in [4.69, 9.17) is 14.2 Å². The van der Waals surface area contributed by atoms with Gasteiger partial charge in [0.15, 0.2) is 15.8 Å². The predicted octanol–water partition coefficient (Wildman–Crippen LogP) is 9.30. The van der Waals surface area contributed by atoms with Crippen LogP contribution in [0.4, 0.5) is 5.13 Å². The number of unbranched alkanes of at least 4 members (excludes halogenated alkanes) is 5. The fraction of sp³-hybridized carbons (Fsp3) is 0.385. The number of nitrogens with zero attached hydrogens (tertiary/aromatic N) is 3. The maximum atomic E-state index is 13.8. The Bertz CT molecular complexity index is 1770. The van der Waals surface area contributed by atoms with Crippen molar-refractivity contribution >= 4 is 45.7 Å². The summed E-state index contributed by atoms with van der Waals surface area (Å²) in [5, 5.41) is 20.6. The number of carbonyl (C=O) groups excluding carboxylic acids is 2. The summed E-state index contributed by atoms with van der Waals surface area (Å²) in [4.78, 5) is 28.9. The van der Waals surface area contributed by atoms with Gasteiger partial charge in [-0.25, -0.2) is 0 Å². The van der Waals surface area contributed by atoms with Crippen LogP contribution >= 0.6 is 23.1 Å². The molecule has 1 N–H and O–H groups in total. The number of Topliss-reactive ketones (excluding diaryl/α,β-unsaturated/α-hetero) is 1. The van der Waals surface area contributed by atoms with E-state index in [2.05, 4.69) is 48.3 Å². The van der Waals surface area contributed by atoms with Crippen molar-refractivity contribution in [2.75, 3.05) is 25.2 Å². The monoisotopic (exact) mass is 715 g/mol. The van der Waals surface area contributed by atoms with Gasteiger partial charge in [-0.1, -0.05) is 105 Å². The van der Waals surface area contributed by atoms with Crippen LogP contribution in [0.15, 0.2) is 76.6 Å². The van der Waals surface area contributed by atoms with E-state index in [0.717, 1.165) is 31.2 Å². The minimum absolute atomic E-state index is 0.0506. The van der Waals surface area contributed by atoms with Gasteiger partial charge < -0.3 is 19.3 Å². The van der Waals surface area contributed by atoms with Crippen molar-refractivity contribution in [2.45, 2.75) is 81.9 Å². The molecule has 0 saturated carbocycles. The highest BCUT2D eigenvalue weighted by Gasteiger charge is 2.48. The standard InChI is InChI=1S/C39H45N3O6S2/c1-5-7-9-10-11-23-48-31-21-18-29(24-32(31)46-4)34-33(35(43)28-16-19-30(20-17-28)47-22-8-6-2)36(44)37(45)42(34)38-40-41-39(50-38)49-25-27-14-12-26(3)13-15-27/h12-21,24,34,43H,5-11,22-23,25H2,1-4H3/b35-33-. The number of hydrogen-bond acceptors (Lipinski definition) is 10. The zero-order chi connectivity index (χ0) is 35.5. The number of aliphatic hydroxyl groups is 1. The Hall–Kier alpha value is -4.35. The van der Waals surface area contributed by atoms with Crippen molar-refractivity contribution in [2.24, 2.45) is 0 Å². The van der Waals surface area contributed by atoms with E-state index in [-0.39, 0.29) is 16.5 Å². The normalized spacial score (nSPS) is 15.4. The average molecular weight is 716 g/mol. The predicted molar refractivity (Wildman–Crippen MR) is 200 cm³/mol. The lowest BCUT2D eigenvalue weighted by Gasteiger charge is -2.23. The Labute approximate surface area is 302 Å². The van der Waals surface area contributed by atoms with Crippen molar-refractivity contribution in [3.05, 3.63) is 94.6 Å². The smallest absolute Gasteiger partial charge is 0.301 e. The average Bonchev–Trinajstić information content (AvgIpc) is 3.71. The number of ether oxygens (including phenoxy) is 3. The molecule has 0 bridgehead atoms. The summed E-state index contributed by atoms with van der Waals surface area (Å²) in [6.07, 6.45) is 7.49. The van der Waals surface area contributed by atoms with E-state index >= 15 is 0 Å². The second kappa shape index (κ2) is 18.1. The summed E-state index contributed by atoms with van der Waals surface area (Å²) in [6, 6.07) is 19.5. The SMILES string of the molecule is CCCCCCCOc1ccc(C2/C(=C(/O)c3ccc(OCCCC)cc3)C(=O)C(=O)N2c2nnc(SCc3ccc(C)cc3)s2)cc1OC. The van der Waals surface area contributed by atoms with Crippen molar-refractivity contribution in [3.63, 3.8) is 0 Å². The van der Waals surface area contributed by atoms with E-state index in [1.165, 1.54) is 52.8 Å². The quantitative estimate of drug-likeness (QED) is 0.0269. The van der Waals surface area contributed by atoms with Gasteiger partial charge in [-0.3, -0.25) is 14.5 Å². The van der Waals surface area contributed by atoms with E-state index in [1.54, 1.807) is 49.6 Å². The van der Waals surface area contributed by atoms with Crippen LogP contribution in [0.3, 0.4) is 0 Å². The van der Waals surface area contributed by atoms with Crippen molar-refractivity contribution in [3.8, 4) is 17.2 Å². The topological polar surface area (TPSA) is 111 Å². The van der Waals surface area contributed by atoms with E-state index < -0.39 is 17.7 Å². The zero-order valence-electron chi connectivity index (χ0n) is 29.1. The van der Waals surface area contributed by atoms with Gasteiger partial charge in [0.05, 0.1) is 31.9 Å². The highest BCUT2D eigenvalue weighted by Crippen LogP contribution is 2.45. The van der Waals surface area contributed by atoms with Gasteiger partial charge in [0.1, 0.15) is 11.5 Å². The van der Waals surface area contributed by atoms with E-state index in [0.29, 0.717) is 51.7 Å². The number of anilines is 1. The van der Waals surface area contributed by atoms with Crippen LogP contribution in [0.25, 0.3) is 5.76 Å². The molecule has 4 aromatic rings. The highest BCUT2D eigenvalue weighted by molar-refractivity contribution is 8.00. The van der Waals surface area contributed by atoms with E-state index in [1.807, 2.05) is 6.92 Å². The third-order valence-electron chi connectivity index (χ3n) is 8.43. The molecule has 1 aromatic heterocycles. The van der Waals surface area contributed by atoms with Crippen molar-refractivity contribution < 1.29 is 28.9 Å². The molecule has 50 heavy (non-hydrogen) atoms. The molecule has 1 amide bonds. The summed E-state index contributed by atoms with van der Waals surface area (Å²) in [7, 11) is 1.55. The van der Waals surface area contributed by atoms with Crippen LogP contribution < -0.4 is 19.1 Å². The molecule has 1 atom stereocenters. The van der Waals surface area contributed by atoms with Crippen molar-refractivity contribution in [1.29, 1.82) is 0 Å². The Balaban J connectivity index is 1.48. The Kier molecular flexibility index (Phi) is 13.3. The van der Waals surface area contributed by atoms with E-state index in [9.17, 15) is 14.7 Å².